The van der Waals surface area contributed by atoms with Crippen molar-refractivity contribution in [3.63, 3.8) is 0 Å². The summed E-state index contributed by atoms with van der Waals surface area (Å²) in [5.74, 6) is -0.554. The highest BCUT2D eigenvalue weighted by Gasteiger charge is 2.23. The van der Waals surface area contributed by atoms with Crippen molar-refractivity contribution in [3.05, 3.63) is 17.4 Å². The normalized spacial score (nSPS) is 23.9. The molecule has 12 heavy (non-hydrogen) atoms. The molecule has 4 nitrogen and oxygen atoms in total. The lowest BCUT2D eigenvalue weighted by Crippen LogP contribution is -2.36. The van der Waals surface area contributed by atoms with Crippen LogP contribution in [0.3, 0.4) is 0 Å². The van der Waals surface area contributed by atoms with Gasteiger partial charge in [0.05, 0.1) is 0 Å². The molecule has 4 heteroatoms. The molecule has 1 aliphatic rings. The minimum atomic E-state index is -0.554. The highest BCUT2D eigenvalue weighted by Crippen LogP contribution is 2.03. The maximum atomic E-state index is 11.0. The van der Waals surface area contributed by atoms with Crippen LogP contribution in [0.2, 0.25) is 0 Å². The van der Waals surface area contributed by atoms with E-state index in [4.69, 9.17) is 0 Å². The van der Waals surface area contributed by atoms with Crippen molar-refractivity contribution in [2.75, 3.05) is 6.61 Å². The van der Waals surface area contributed by atoms with E-state index in [9.17, 15) is 10.0 Å². The largest absolute Gasteiger partial charge is 0.623 e. The number of hydroxylamine groups is 1. The minimum absolute atomic E-state index is 0.184. The fourth-order valence-corrected chi connectivity index (χ4v) is 0.963. The Morgan fingerprint density at radius 2 is 2.67 bits per heavy atom. The van der Waals surface area contributed by atoms with E-state index in [1.165, 1.54) is 0 Å². The van der Waals surface area contributed by atoms with Gasteiger partial charge < -0.3 is 9.94 Å². The number of hydrogen-bond acceptors (Lipinski definition) is 3. The molecule has 0 aromatic carbocycles. The van der Waals surface area contributed by atoms with Crippen LogP contribution in [0, 0.1) is 5.21 Å². The molecule has 0 aromatic rings. The topological polar surface area (TPSA) is 52.4 Å². The van der Waals surface area contributed by atoms with Crippen LogP contribution < -0.4 is 0 Å². The molecule has 66 valence electrons. The number of allylic oxidation sites excluding steroid dienone is 1. The van der Waals surface area contributed by atoms with Gasteiger partial charge in [0.2, 0.25) is 6.04 Å². The summed E-state index contributed by atoms with van der Waals surface area (Å²) >= 11 is 0. The molecule has 0 saturated heterocycles. The number of cyclic esters (lactones) is 1. The van der Waals surface area contributed by atoms with Crippen LogP contribution in [0.1, 0.15) is 13.3 Å². The lowest BCUT2D eigenvalue weighted by Gasteiger charge is -2.18. The van der Waals surface area contributed by atoms with E-state index in [2.05, 4.69) is 4.74 Å². The average molecular weight is 169 g/mol. The third-order valence-electron chi connectivity index (χ3n) is 1.65. The van der Waals surface area contributed by atoms with E-state index < -0.39 is 5.97 Å². The van der Waals surface area contributed by atoms with Crippen LogP contribution in [-0.4, -0.2) is 29.6 Å². The summed E-state index contributed by atoms with van der Waals surface area (Å²) in [5, 5.41) is 11.0. The van der Waals surface area contributed by atoms with Crippen LogP contribution in [0.25, 0.3) is 0 Å². The summed E-state index contributed by atoms with van der Waals surface area (Å²) in [6.45, 7) is 2.07. The number of ether oxygens (including phenoxy) is 1. The predicted octanol–water partition coefficient (Wildman–Crippen LogP) is 0.459. The molecule has 0 unspecified atom stereocenters. The molecule has 0 radical (unpaired) electrons. The first-order valence-electron chi connectivity index (χ1n) is 3.82. The van der Waals surface area contributed by atoms with Crippen LogP contribution in [-0.2, 0) is 9.53 Å². The van der Waals surface area contributed by atoms with Crippen molar-refractivity contribution in [2.45, 2.75) is 19.4 Å². The Hall–Kier alpha value is -1.32. The smallest absolute Gasteiger partial charge is 0.396 e. The molecular weight excluding hydrogens is 158 g/mol. The summed E-state index contributed by atoms with van der Waals surface area (Å²) in [4.78, 5) is 10.6. The van der Waals surface area contributed by atoms with Crippen molar-refractivity contribution < 1.29 is 14.3 Å². The van der Waals surface area contributed by atoms with Gasteiger partial charge >= 0.3 is 5.97 Å². The van der Waals surface area contributed by atoms with Crippen LogP contribution in [0.4, 0.5) is 0 Å². The lowest BCUT2D eigenvalue weighted by molar-refractivity contribution is -0.504. The van der Waals surface area contributed by atoms with Gasteiger partial charge in [0.25, 0.3) is 6.21 Å². The third kappa shape index (κ3) is 2.08. The summed E-state index contributed by atoms with van der Waals surface area (Å²) in [7, 11) is 0. The standard InChI is InChI=1S/C8H11NO3/c1-2-3-4-7-6-12-8(10)5-9(7)11/h2-3,5,7H,4,6H2,1H3/b3-2+/t7-/m1/s1. The number of rotatable bonds is 2. The van der Waals surface area contributed by atoms with Gasteiger partial charge in [-0.3, -0.25) is 0 Å². The van der Waals surface area contributed by atoms with Gasteiger partial charge in [-0.25, -0.2) is 4.79 Å². The van der Waals surface area contributed by atoms with E-state index in [0.29, 0.717) is 11.2 Å². The molecule has 0 saturated carbocycles. The summed E-state index contributed by atoms with van der Waals surface area (Å²) in [6.07, 6.45) is 5.30. The molecule has 0 N–H and O–H groups in total. The highest BCUT2D eigenvalue weighted by atomic mass is 16.6. The maximum Gasteiger partial charge on any atom is 0.396 e. The third-order valence-corrected chi connectivity index (χ3v) is 1.65. The van der Waals surface area contributed by atoms with Crippen molar-refractivity contribution in [1.82, 2.24) is 0 Å². The SMILES string of the molecule is C/C=C/C[C@@H]1COC(=O)C=[N+]1[O-]. The van der Waals surface area contributed by atoms with E-state index in [0.717, 1.165) is 6.21 Å². The fraction of sp³-hybridized carbons (Fsp3) is 0.500. The molecule has 1 atom stereocenters. The van der Waals surface area contributed by atoms with Crippen molar-refractivity contribution in [2.24, 2.45) is 0 Å². The quantitative estimate of drug-likeness (QED) is 0.261. The van der Waals surface area contributed by atoms with E-state index >= 15 is 0 Å². The zero-order valence-corrected chi connectivity index (χ0v) is 6.90. The fourth-order valence-electron chi connectivity index (χ4n) is 0.963. The van der Waals surface area contributed by atoms with Gasteiger partial charge in [-0.05, 0) is 6.92 Å². The van der Waals surface area contributed by atoms with Gasteiger partial charge in [-0.2, -0.15) is 4.74 Å². The lowest BCUT2D eigenvalue weighted by atomic mass is 10.2. The average Bonchev–Trinajstić information content (AvgIpc) is 2.03. The van der Waals surface area contributed by atoms with E-state index in [1.807, 2.05) is 19.1 Å². The van der Waals surface area contributed by atoms with Crippen LogP contribution in [0.15, 0.2) is 12.2 Å². The van der Waals surface area contributed by atoms with Gasteiger partial charge in [-0.1, -0.05) is 12.2 Å². The zero-order chi connectivity index (χ0) is 8.97. The predicted molar refractivity (Wildman–Crippen MR) is 43.9 cm³/mol. The molecule has 0 amide bonds. The molecule has 1 rings (SSSR count). The molecule has 0 bridgehead atoms. The first-order valence-corrected chi connectivity index (χ1v) is 3.82. The Labute approximate surface area is 70.7 Å². The Balaban J connectivity index is 2.56. The summed E-state index contributed by atoms with van der Waals surface area (Å²) in [5.41, 5.74) is 0. The first kappa shape index (κ1) is 8.77. The number of hydrogen-bond donors (Lipinski definition) is 0. The summed E-state index contributed by atoms with van der Waals surface area (Å²) in [6, 6.07) is -0.251. The highest BCUT2D eigenvalue weighted by molar-refractivity contribution is 6.21. The number of carbonyl (C=O) groups excluding carboxylic acids is 1. The molecular formula is C8H11NO3. The van der Waals surface area contributed by atoms with Crippen LogP contribution >= 0.6 is 0 Å². The monoisotopic (exact) mass is 169 g/mol. The molecule has 0 aliphatic carbocycles. The Bertz CT molecular complexity index is 232. The molecule has 0 spiro atoms. The number of esters is 1. The molecule has 1 aliphatic heterocycles. The minimum Gasteiger partial charge on any atom is -0.623 e. The zero-order valence-electron chi connectivity index (χ0n) is 6.90. The number of nitrogens with zero attached hydrogens (tertiary/aromatic N) is 1. The van der Waals surface area contributed by atoms with Crippen molar-refractivity contribution in [1.29, 1.82) is 0 Å². The number of carbonyl (C=O) groups is 1. The Morgan fingerprint density at radius 1 is 1.92 bits per heavy atom. The van der Waals surface area contributed by atoms with Gasteiger partial charge in [0.15, 0.2) is 6.61 Å². The summed E-state index contributed by atoms with van der Waals surface area (Å²) < 4.78 is 5.35. The van der Waals surface area contributed by atoms with E-state index in [-0.39, 0.29) is 12.6 Å². The van der Waals surface area contributed by atoms with Gasteiger partial charge in [0.1, 0.15) is 0 Å². The first-order chi connectivity index (χ1) is 5.74. The Morgan fingerprint density at radius 3 is 3.25 bits per heavy atom. The molecule has 1 heterocycles. The molecule has 0 fully saturated rings. The Kier molecular flexibility index (Phi) is 2.85. The van der Waals surface area contributed by atoms with E-state index in [1.54, 1.807) is 0 Å². The van der Waals surface area contributed by atoms with Crippen molar-refractivity contribution >= 4 is 12.2 Å². The second-order valence-corrected chi connectivity index (χ2v) is 2.58. The maximum absolute atomic E-state index is 11.0. The van der Waals surface area contributed by atoms with Gasteiger partial charge in [-0.15, -0.1) is 0 Å². The van der Waals surface area contributed by atoms with Crippen molar-refractivity contribution in [3.8, 4) is 0 Å². The second kappa shape index (κ2) is 3.90. The van der Waals surface area contributed by atoms with Crippen LogP contribution in [0.5, 0.6) is 0 Å². The van der Waals surface area contributed by atoms with Gasteiger partial charge in [0, 0.05) is 6.42 Å². The second-order valence-electron chi connectivity index (χ2n) is 2.58. The molecule has 0 aromatic heterocycles.